The Hall–Kier alpha value is -1.77. The first kappa shape index (κ1) is 8.81. The van der Waals surface area contributed by atoms with Crippen LogP contribution < -0.4 is 5.73 Å². The quantitative estimate of drug-likeness (QED) is 0.694. The molecule has 0 fully saturated rings. The Kier molecular flexibility index (Phi) is 2.00. The van der Waals surface area contributed by atoms with E-state index in [0.717, 1.165) is 22.5 Å². The van der Waals surface area contributed by atoms with Crippen molar-refractivity contribution in [1.82, 2.24) is 9.78 Å². The molecule has 0 saturated carbocycles. The van der Waals surface area contributed by atoms with Gasteiger partial charge in [-0.25, -0.2) is 0 Å². The average molecular weight is 187 g/mol. The summed E-state index contributed by atoms with van der Waals surface area (Å²) in [5.41, 5.74) is 9.89. The van der Waals surface area contributed by atoms with Crippen molar-refractivity contribution in [2.75, 3.05) is 5.73 Å². The fourth-order valence-corrected chi connectivity index (χ4v) is 1.44. The van der Waals surface area contributed by atoms with Crippen molar-refractivity contribution in [3.05, 3.63) is 36.2 Å². The van der Waals surface area contributed by atoms with Gasteiger partial charge in [0.2, 0.25) is 0 Å². The van der Waals surface area contributed by atoms with E-state index in [1.165, 1.54) is 0 Å². The van der Waals surface area contributed by atoms with Gasteiger partial charge < -0.3 is 5.73 Å². The smallest absolute Gasteiger partial charge is 0.0571 e. The zero-order chi connectivity index (χ0) is 10.1. The molecular formula is C11H13N3. The molecule has 0 bridgehead atoms. The number of nitrogen functional groups attached to an aromatic ring is 1. The van der Waals surface area contributed by atoms with E-state index in [1.807, 2.05) is 42.2 Å². The molecule has 0 spiro atoms. The topological polar surface area (TPSA) is 43.8 Å². The molecule has 1 aromatic heterocycles. The van der Waals surface area contributed by atoms with Gasteiger partial charge in [0.25, 0.3) is 0 Å². The Bertz CT molecular complexity index is 440. The molecule has 0 aliphatic rings. The lowest BCUT2D eigenvalue weighted by molar-refractivity contribution is 0.740. The molecule has 1 heterocycles. The lowest BCUT2D eigenvalue weighted by atomic mass is 10.1. The molecule has 0 amide bonds. The maximum atomic E-state index is 5.63. The Labute approximate surface area is 83.2 Å². The van der Waals surface area contributed by atoms with Crippen molar-refractivity contribution in [2.45, 2.75) is 6.92 Å². The highest BCUT2D eigenvalue weighted by Gasteiger charge is 2.05. The monoisotopic (exact) mass is 187 g/mol. The van der Waals surface area contributed by atoms with Crippen LogP contribution in [0.5, 0.6) is 0 Å². The summed E-state index contributed by atoms with van der Waals surface area (Å²) in [7, 11) is 1.94. The normalized spacial score (nSPS) is 10.4. The van der Waals surface area contributed by atoms with Crippen molar-refractivity contribution in [3.63, 3.8) is 0 Å². The van der Waals surface area contributed by atoms with E-state index < -0.39 is 0 Å². The van der Waals surface area contributed by atoms with E-state index in [2.05, 4.69) is 12.0 Å². The maximum absolute atomic E-state index is 5.63. The van der Waals surface area contributed by atoms with E-state index in [-0.39, 0.29) is 0 Å². The largest absolute Gasteiger partial charge is 0.399 e. The molecule has 72 valence electrons. The first-order chi connectivity index (χ1) is 6.68. The van der Waals surface area contributed by atoms with Gasteiger partial charge in [0.15, 0.2) is 0 Å². The highest BCUT2D eigenvalue weighted by atomic mass is 15.3. The number of benzene rings is 1. The van der Waals surface area contributed by atoms with E-state index >= 15 is 0 Å². The summed E-state index contributed by atoms with van der Waals surface area (Å²) in [5.74, 6) is 0. The average Bonchev–Trinajstić information content (AvgIpc) is 2.50. The first-order valence-corrected chi connectivity index (χ1v) is 4.53. The van der Waals surface area contributed by atoms with Crippen LogP contribution >= 0.6 is 0 Å². The third kappa shape index (κ3) is 1.37. The van der Waals surface area contributed by atoms with Crippen LogP contribution in [0.25, 0.3) is 11.1 Å². The second-order valence-electron chi connectivity index (χ2n) is 3.39. The number of rotatable bonds is 1. The number of aryl methyl sites for hydroxylation is 1. The van der Waals surface area contributed by atoms with Crippen LogP contribution in [-0.2, 0) is 7.05 Å². The van der Waals surface area contributed by atoms with E-state index in [4.69, 9.17) is 5.73 Å². The molecule has 0 aliphatic heterocycles. The summed E-state index contributed by atoms with van der Waals surface area (Å²) < 4.78 is 1.87. The minimum absolute atomic E-state index is 0.787. The fraction of sp³-hybridized carbons (Fsp3) is 0.182. The third-order valence-electron chi connectivity index (χ3n) is 2.46. The second-order valence-corrected chi connectivity index (χ2v) is 3.39. The van der Waals surface area contributed by atoms with Crippen LogP contribution in [0.2, 0.25) is 0 Å². The molecule has 0 aliphatic carbocycles. The predicted octanol–water partition coefficient (Wildman–Crippen LogP) is 1.98. The van der Waals surface area contributed by atoms with Gasteiger partial charge in [0.05, 0.1) is 6.20 Å². The van der Waals surface area contributed by atoms with E-state index in [0.29, 0.717) is 0 Å². The molecule has 0 atom stereocenters. The third-order valence-corrected chi connectivity index (χ3v) is 2.46. The maximum Gasteiger partial charge on any atom is 0.0571 e. The summed E-state index contributed by atoms with van der Waals surface area (Å²) in [5, 5.41) is 4.20. The minimum atomic E-state index is 0.787. The molecule has 0 unspecified atom stereocenters. The fourth-order valence-electron chi connectivity index (χ4n) is 1.44. The standard InChI is InChI=1S/C11H13N3/c1-8-11(7-13-14(8)2)9-3-5-10(12)6-4-9/h3-7H,12H2,1-2H3. The van der Waals surface area contributed by atoms with Crippen LogP contribution in [0.1, 0.15) is 5.69 Å². The van der Waals surface area contributed by atoms with Gasteiger partial charge >= 0.3 is 0 Å². The number of hydrogen-bond acceptors (Lipinski definition) is 2. The summed E-state index contributed by atoms with van der Waals surface area (Å²) >= 11 is 0. The number of nitrogens with two attached hydrogens (primary N) is 1. The van der Waals surface area contributed by atoms with Crippen molar-refractivity contribution in [3.8, 4) is 11.1 Å². The summed E-state index contributed by atoms with van der Waals surface area (Å²) in [4.78, 5) is 0. The van der Waals surface area contributed by atoms with E-state index in [1.54, 1.807) is 0 Å². The lowest BCUT2D eigenvalue weighted by Crippen LogP contribution is -1.92. The van der Waals surface area contributed by atoms with Crippen LogP contribution in [0.15, 0.2) is 30.5 Å². The van der Waals surface area contributed by atoms with Gasteiger partial charge in [0.1, 0.15) is 0 Å². The Balaban J connectivity index is 2.49. The summed E-state index contributed by atoms with van der Waals surface area (Å²) in [6.07, 6.45) is 1.88. The molecule has 3 nitrogen and oxygen atoms in total. The van der Waals surface area contributed by atoms with Crippen molar-refractivity contribution < 1.29 is 0 Å². The highest BCUT2D eigenvalue weighted by Crippen LogP contribution is 2.23. The number of aromatic nitrogens is 2. The Morgan fingerprint density at radius 3 is 2.36 bits per heavy atom. The van der Waals surface area contributed by atoms with Crippen LogP contribution in [-0.4, -0.2) is 9.78 Å². The highest BCUT2D eigenvalue weighted by molar-refractivity contribution is 5.66. The van der Waals surface area contributed by atoms with Crippen LogP contribution in [0.4, 0.5) is 5.69 Å². The molecule has 2 rings (SSSR count). The lowest BCUT2D eigenvalue weighted by Gasteiger charge is -2.01. The first-order valence-electron chi connectivity index (χ1n) is 4.53. The minimum Gasteiger partial charge on any atom is -0.399 e. The molecular weight excluding hydrogens is 174 g/mol. The summed E-state index contributed by atoms with van der Waals surface area (Å²) in [6.45, 7) is 2.05. The Morgan fingerprint density at radius 1 is 1.21 bits per heavy atom. The van der Waals surface area contributed by atoms with Gasteiger partial charge in [-0.3, -0.25) is 4.68 Å². The molecule has 0 saturated heterocycles. The molecule has 3 heteroatoms. The van der Waals surface area contributed by atoms with Crippen molar-refractivity contribution in [1.29, 1.82) is 0 Å². The van der Waals surface area contributed by atoms with E-state index in [9.17, 15) is 0 Å². The Morgan fingerprint density at radius 2 is 1.86 bits per heavy atom. The van der Waals surface area contributed by atoms with Gasteiger partial charge in [-0.2, -0.15) is 5.10 Å². The zero-order valence-electron chi connectivity index (χ0n) is 8.36. The summed E-state index contributed by atoms with van der Waals surface area (Å²) in [6, 6.07) is 7.84. The molecule has 2 aromatic rings. The number of hydrogen-bond donors (Lipinski definition) is 1. The second kappa shape index (κ2) is 3.18. The molecule has 0 radical (unpaired) electrons. The molecule has 1 aromatic carbocycles. The zero-order valence-corrected chi connectivity index (χ0v) is 8.36. The SMILES string of the molecule is Cc1c(-c2ccc(N)cc2)cnn1C. The molecule has 14 heavy (non-hydrogen) atoms. The van der Waals surface area contributed by atoms with Gasteiger partial charge in [-0.1, -0.05) is 12.1 Å². The van der Waals surface area contributed by atoms with Crippen LogP contribution in [0, 0.1) is 6.92 Å². The van der Waals surface area contributed by atoms with Crippen molar-refractivity contribution in [2.24, 2.45) is 7.05 Å². The van der Waals surface area contributed by atoms with Crippen molar-refractivity contribution >= 4 is 5.69 Å². The number of anilines is 1. The number of nitrogens with zero attached hydrogens (tertiary/aromatic N) is 2. The van der Waals surface area contributed by atoms with Gasteiger partial charge in [-0.15, -0.1) is 0 Å². The van der Waals surface area contributed by atoms with Crippen LogP contribution in [0.3, 0.4) is 0 Å². The van der Waals surface area contributed by atoms with Gasteiger partial charge in [-0.05, 0) is 24.6 Å². The van der Waals surface area contributed by atoms with Gasteiger partial charge in [0, 0.05) is 24.0 Å². The predicted molar refractivity (Wildman–Crippen MR) is 57.8 cm³/mol. The molecule has 2 N–H and O–H groups in total.